The normalized spacial score (nSPS) is 13.8. The second-order valence-corrected chi connectivity index (χ2v) is 6.01. The van der Waals surface area contributed by atoms with Crippen molar-refractivity contribution in [2.24, 2.45) is 11.3 Å². The van der Waals surface area contributed by atoms with E-state index in [2.05, 4.69) is 5.32 Å². The highest BCUT2D eigenvalue weighted by Crippen LogP contribution is 2.33. The molecular weight excluding hydrogens is 270 g/mol. The molecule has 0 aliphatic rings. The third-order valence-corrected chi connectivity index (χ3v) is 4.20. The lowest BCUT2D eigenvalue weighted by Crippen LogP contribution is -2.37. The molecule has 0 fully saturated rings. The van der Waals surface area contributed by atoms with Crippen LogP contribution in [0.2, 0.25) is 0 Å². The van der Waals surface area contributed by atoms with E-state index in [1.54, 1.807) is 46.8 Å². The van der Waals surface area contributed by atoms with Gasteiger partial charge in [0, 0.05) is 17.7 Å². The van der Waals surface area contributed by atoms with E-state index in [-0.39, 0.29) is 24.0 Å². The molecular formula is C16H23NO4. The number of phenols is 1. The SMILES string of the molecule is Cc1ccc(NC(=O)CC(C)(C(=O)O)C(C)C)c(C)c1O. The molecule has 0 aliphatic heterocycles. The molecule has 21 heavy (non-hydrogen) atoms. The van der Waals surface area contributed by atoms with Crippen molar-refractivity contribution in [1.82, 2.24) is 0 Å². The van der Waals surface area contributed by atoms with Gasteiger partial charge in [0.2, 0.25) is 5.91 Å². The molecule has 0 radical (unpaired) electrons. The summed E-state index contributed by atoms with van der Waals surface area (Å²) in [5, 5.41) is 21.9. The Bertz CT molecular complexity index is 566. The number of carbonyl (C=O) groups is 2. The maximum Gasteiger partial charge on any atom is 0.310 e. The summed E-state index contributed by atoms with van der Waals surface area (Å²) in [7, 11) is 0. The highest BCUT2D eigenvalue weighted by molar-refractivity contribution is 5.95. The molecule has 0 aliphatic carbocycles. The van der Waals surface area contributed by atoms with Gasteiger partial charge in [0.25, 0.3) is 0 Å². The van der Waals surface area contributed by atoms with Crippen LogP contribution >= 0.6 is 0 Å². The van der Waals surface area contributed by atoms with Gasteiger partial charge < -0.3 is 15.5 Å². The van der Waals surface area contributed by atoms with Gasteiger partial charge in [-0.2, -0.15) is 0 Å². The van der Waals surface area contributed by atoms with E-state index in [9.17, 15) is 19.8 Å². The van der Waals surface area contributed by atoms with Crippen molar-refractivity contribution in [2.45, 2.75) is 41.0 Å². The van der Waals surface area contributed by atoms with Gasteiger partial charge in [-0.25, -0.2) is 0 Å². The highest BCUT2D eigenvalue weighted by Gasteiger charge is 2.38. The molecule has 1 aromatic carbocycles. The standard InChI is InChI=1S/C16H23NO4/c1-9(2)16(5,15(20)21)8-13(18)17-12-7-6-10(3)14(19)11(12)4/h6-7,9,19H,8H2,1-5H3,(H,17,18)(H,20,21). The number of aryl methyl sites for hydroxylation is 1. The molecule has 1 amide bonds. The predicted octanol–water partition coefficient (Wildman–Crippen LogP) is 3.08. The number of nitrogens with one attached hydrogen (secondary N) is 1. The Labute approximate surface area is 125 Å². The van der Waals surface area contributed by atoms with Crippen molar-refractivity contribution in [3.8, 4) is 5.75 Å². The Balaban J connectivity index is 2.93. The molecule has 0 heterocycles. The van der Waals surface area contributed by atoms with Gasteiger partial charge >= 0.3 is 5.97 Å². The van der Waals surface area contributed by atoms with Crippen LogP contribution in [0.1, 0.15) is 38.3 Å². The van der Waals surface area contributed by atoms with Crippen LogP contribution in [-0.4, -0.2) is 22.1 Å². The summed E-state index contributed by atoms with van der Waals surface area (Å²) in [6.07, 6.45) is -0.117. The summed E-state index contributed by atoms with van der Waals surface area (Å²) in [5.41, 5.74) is 0.678. The Kier molecular flexibility index (Phi) is 4.99. The number of aromatic hydroxyl groups is 1. The van der Waals surface area contributed by atoms with Gasteiger partial charge in [0.1, 0.15) is 5.75 Å². The molecule has 1 atom stereocenters. The number of rotatable bonds is 5. The van der Waals surface area contributed by atoms with Crippen molar-refractivity contribution in [3.63, 3.8) is 0 Å². The van der Waals surface area contributed by atoms with Crippen LogP contribution in [0.5, 0.6) is 5.75 Å². The predicted molar refractivity (Wildman–Crippen MR) is 81.4 cm³/mol. The van der Waals surface area contributed by atoms with Gasteiger partial charge in [0.15, 0.2) is 0 Å². The second kappa shape index (κ2) is 6.16. The molecule has 0 bridgehead atoms. The molecule has 1 aromatic rings. The zero-order valence-electron chi connectivity index (χ0n) is 13.2. The molecule has 0 spiro atoms. The van der Waals surface area contributed by atoms with Crippen molar-refractivity contribution < 1.29 is 19.8 Å². The number of carbonyl (C=O) groups excluding carboxylic acids is 1. The number of benzene rings is 1. The Morgan fingerprint density at radius 1 is 1.29 bits per heavy atom. The van der Waals surface area contributed by atoms with Crippen LogP contribution in [0.15, 0.2) is 12.1 Å². The van der Waals surface area contributed by atoms with Crippen LogP contribution < -0.4 is 5.32 Å². The first-order chi connectivity index (χ1) is 9.59. The van der Waals surface area contributed by atoms with Gasteiger partial charge in [0.05, 0.1) is 5.41 Å². The fraction of sp³-hybridized carbons (Fsp3) is 0.500. The Morgan fingerprint density at radius 3 is 2.33 bits per heavy atom. The van der Waals surface area contributed by atoms with E-state index in [4.69, 9.17) is 0 Å². The first kappa shape index (κ1) is 17.0. The Hall–Kier alpha value is -2.04. The summed E-state index contributed by atoms with van der Waals surface area (Å²) in [4.78, 5) is 23.5. The number of carboxylic acid groups (broad SMARTS) is 1. The minimum atomic E-state index is -1.12. The molecule has 0 saturated carbocycles. The van der Waals surface area contributed by atoms with Crippen molar-refractivity contribution in [2.75, 3.05) is 5.32 Å². The van der Waals surface area contributed by atoms with E-state index < -0.39 is 11.4 Å². The number of carboxylic acids is 1. The van der Waals surface area contributed by atoms with Crippen molar-refractivity contribution in [1.29, 1.82) is 0 Å². The summed E-state index contributed by atoms with van der Waals surface area (Å²) in [5.74, 6) is -1.40. The third kappa shape index (κ3) is 3.54. The van der Waals surface area contributed by atoms with E-state index in [1.165, 1.54) is 0 Å². The average Bonchev–Trinajstić information content (AvgIpc) is 2.39. The molecule has 5 heteroatoms. The van der Waals surface area contributed by atoms with Crippen LogP contribution in [-0.2, 0) is 9.59 Å². The smallest absolute Gasteiger partial charge is 0.310 e. The molecule has 1 rings (SSSR count). The topological polar surface area (TPSA) is 86.6 Å². The first-order valence-corrected chi connectivity index (χ1v) is 6.92. The fourth-order valence-electron chi connectivity index (χ4n) is 2.03. The molecule has 116 valence electrons. The average molecular weight is 293 g/mol. The summed E-state index contributed by atoms with van der Waals surface area (Å²) < 4.78 is 0. The number of aliphatic carboxylic acids is 1. The van der Waals surface area contributed by atoms with Crippen LogP contribution in [0.3, 0.4) is 0 Å². The number of anilines is 1. The second-order valence-electron chi connectivity index (χ2n) is 6.01. The maximum atomic E-state index is 12.1. The maximum absolute atomic E-state index is 12.1. The third-order valence-electron chi connectivity index (χ3n) is 4.20. The quantitative estimate of drug-likeness (QED) is 0.778. The van der Waals surface area contributed by atoms with Gasteiger partial charge in [-0.05, 0) is 38.3 Å². The van der Waals surface area contributed by atoms with Crippen LogP contribution in [0.25, 0.3) is 0 Å². The summed E-state index contributed by atoms with van der Waals surface area (Å²) in [6, 6.07) is 3.41. The minimum Gasteiger partial charge on any atom is -0.507 e. The zero-order valence-corrected chi connectivity index (χ0v) is 13.2. The largest absolute Gasteiger partial charge is 0.507 e. The number of amides is 1. The number of hydrogen-bond donors (Lipinski definition) is 3. The number of phenolic OH excluding ortho intramolecular Hbond substituents is 1. The molecule has 0 saturated heterocycles. The lowest BCUT2D eigenvalue weighted by atomic mass is 9.76. The lowest BCUT2D eigenvalue weighted by Gasteiger charge is -2.28. The van der Waals surface area contributed by atoms with E-state index >= 15 is 0 Å². The van der Waals surface area contributed by atoms with Crippen molar-refractivity contribution in [3.05, 3.63) is 23.3 Å². The first-order valence-electron chi connectivity index (χ1n) is 6.92. The Morgan fingerprint density at radius 2 is 1.86 bits per heavy atom. The summed E-state index contributed by atoms with van der Waals surface area (Å²) in [6.45, 7) is 8.61. The molecule has 0 aromatic heterocycles. The van der Waals surface area contributed by atoms with Gasteiger partial charge in [-0.15, -0.1) is 0 Å². The van der Waals surface area contributed by atoms with Gasteiger partial charge in [-0.1, -0.05) is 19.9 Å². The number of hydrogen-bond acceptors (Lipinski definition) is 3. The molecule has 3 N–H and O–H groups in total. The molecule has 1 unspecified atom stereocenters. The monoisotopic (exact) mass is 293 g/mol. The minimum absolute atomic E-state index is 0.117. The van der Waals surface area contributed by atoms with Crippen LogP contribution in [0, 0.1) is 25.2 Å². The van der Waals surface area contributed by atoms with E-state index in [1.807, 2.05) is 0 Å². The van der Waals surface area contributed by atoms with E-state index in [0.29, 0.717) is 11.3 Å². The fourth-order valence-corrected chi connectivity index (χ4v) is 2.03. The van der Waals surface area contributed by atoms with Gasteiger partial charge in [-0.3, -0.25) is 9.59 Å². The highest BCUT2D eigenvalue weighted by atomic mass is 16.4. The van der Waals surface area contributed by atoms with Crippen molar-refractivity contribution >= 4 is 17.6 Å². The van der Waals surface area contributed by atoms with E-state index in [0.717, 1.165) is 5.56 Å². The van der Waals surface area contributed by atoms with Crippen LogP contribution in [0.4, 0.5) is 5.69 Å². The molecule has 5 nitrogen and oxygen atoms in total. The summed E-state index contributed by atoms with van der Waals surface area (Å²) >= 11 is 0. The zero-order chi connectivity index (χ0) is 16.4. The lowest BCUT2D eigenvalue weighted by molar-refractivity contribution is -0.153.